The van der Waals surface area contributed by atoms with Crippen LogP contribution in [0.3, 0.4) is 0 Å². The average Bonchev–Trinajstić information content (AvgIpc) is 2.63. The van der Waals surface area contributed by atoms with E-state index in [2.05, 4.69) is 5.32 Å². The first-order valence-corrected chi connectivity index (χ1v) is 11.6. The molecule has 0 aromatic carbocycles. The van der Waals surface area contributed by atoms with Crippen molar-refractivity contribution in [2.24, 2.45) is 23.2 Å². The van der Waals surface area contributed by atoms with Gasteiger partial charge in [-0.25, -0.2) is 0 Å². The summed E-state index contributed by atoms with van der Waals surface area (Å²) in [4.78, 5) is 38.8. The van der Waals surface area contributed by atoms with E-state index in [0.717, 1.165) is 37.0 Å². The number of amides is 2. The van der Waals surface area contributed by atoms with Crippen LogP contribution < -0.4 is 5.32 Å². The molecule has 2 amide bonds. The summed E-state index contributed by atoms with van der Waals surface area (Å²) in [5, 5.41) is 2.74. The molecule has 4 saturated carbocycles. The number of carbonyl (C=O) groups excluding carboxylic acids is 3. The maximum absolute atomic E-state index is 12.5. The average molecular weight is 405 g/mol. The lowest BCUT2D eigenvalue weighted by molar-refractivity contribution is -0.154. The van der Waals surface area contributed by atoms with E-state index in [1.807, 2.05) is 18.7 Å². The van der Waals surface area contributed by atoms with Gasteiger partial charge in [0.2, 0.25) is 5.91 Å². The molecule has 6 heteroatoms. The Labute approximate surface area is 174 Å². The van der Waals surface area contributed by atoms with Crippen LogP contribution in [0.5, 0.6) is 0 Å². The van der Waals surface area contributed by atoms with Crippen molar-refractivity contribution in [3.8, 4) is 0 Å². The third-order valence-corrected chi connectivity index (χ3v) is 7.97. The van der Waals surface area contributed by atoms with Crippen LogP contribution in [0, 0.1) is 23.2 Å². The Morgan fingerprint density at radius 2 is 1.52 bits per heavy atom. The zero-order valence-electron chi connectivity index (χ0n) is 18.0. The molecule has 5 rings (SSSR count). The monoisotopic (exact) mass is 404 g/mol. The molecule has 0 aromatic heterocycles. The van der Waals surface area contributed by atoms with Gasteiger partial charge in [0, 0.05) is 18.5 Å². The molecule has 0 unspecified atom stereocenters. The van der Waals surface area contributed by atoms with Crippen LogP contribution in [0.2, 0.25) is 0 Å². The molecule has 4 aliphatic carbocycles. The van der Waals surface area contributed by atoms with Crippen molar-refractivity contribution >= 4 is 17.8 Å². The molecule has 0 spiro atoms. The van der Waals surface area contributed by atoms with Gasteiger partial charge in [0.1, 0.15) is 6.54 Å². The molecule has 0 radical (unpaired) electrons. The Bertz CT molecular complexity index is 616. The molecule has 6 nitrogen and oxygen atoms in total. The van der Waals surface area contributed by atoms with Crippen molar-refractivity contribution in [2.45, 2.75) is 90.1 Å². The highest BCUT2D eigenvalue weighted by Crippen LogP contribution is 2.61. The summed E-state index contributed by atoms with van der Waals surface area (Å²) >= 11 is 0. The minimum atomic E-state index is -0.533. The second-order valence-corrected chi connectivity index (χ2v) is 10.5. The topological polar surface area (TPSA) is 75.7 Å². The summed E-state index contributed by atoms with van der Waals surface area (Å²) in [6.45, 7) is 3.70. The highest BCUT2D eigenvalue weighted by molar-refractivity contribution is 5.84. The van der Waals surface area contributed by atoms with Crippen LogP contribution in [0.4, 0.5) is 0 Å². The van der Waals surface area contributed by atoms with E-state index in [1.165, 1.54) is 38.5 Å². The van der Waals surface area contributed by atoms with Crippen LogP contribution in [0.25, 0.3) is 0 Å². The van der Waals surface area contributed by atoms with Gasteiger partial charge in [-0.05, 0) is 94.8 Å². The first-order valence-electron chi connectivity index (χ1n) is 11.6. The molecule has 1 N–H and O–H groups in total. The van der Waals surface area contributed by atoms with Gasteiger partial charge in [-0.15, -0.1) is 0 Å². The lowest BCUT2D eigenvalue weighted by Gasteiger charge is -2.56. The minimum absolute atomic E-state index is 0.0477. The van der Waals surface area contributed by atoms with Gasteiger partial charge in [-0.2, -0.15) is 0 Å². The third kappa shape index (κ3) is 4.61. The zero-order chi connectivity index (χ0) is 20.6. The molecule has 2 atom stereocenters. The number of hydrogen-bond acceptors (Lipinski definition) is 4. The van der Waals surface area contributed by atoms with Gasteiger partial charge in [-0.1, -0.05) is 0 Å². The number of likely N-dealkylation sites (tertiary alicyclic amines) is 1. The van der Waals surface area contributed by atoms with Crippen molar-refractivity contribution in [3.63, 3.8) is 0 Å². The van der Waals surface area contributed by atoms with Gasteiger partial charge in [-0.3, -0.25) is 14.4 Å². The van der Waals surface area contributed by atoms with Crippen molar-refractivity contribution in [1.29, 1.82) is 0 Å². The zero-order valence-corrected chi connectivity index (χ0v) is 18.0. The maximum atomic E-state index is 12.5. The molecular formula is C23H36N2O4. The van der Waals surface area contributed by atoms with Crippen molar-refractivity contribution < 1.29 is 19.1 Å². The maximum Gasteiger partial charge on any atom is 0.325 e. The van der Waals surface area contributed by atoms with E-state index >= 15 is 0 Å². The fourth-order valence-corrected chi connectivity index (χ4v) is 7.26. The second kappa shape index (κ2) is 8.27. The van der Waals surface area contributed by atoms with Crippen molar-refractivity contribution in [3.05, 3.63) is 0 Å². The van der Waals surface area contributed by atoms with Crippen molar-refractivity contribution in [2.75, 3.05) is 13.2 Å². The number of piperidine rings is 1. The van der Waals surface area contributed by atoms with Crippen LogP contribution in [-0.4, -0.2) is 47.9 Å². The van der Waals surface area contributed by atoms with Gasteiger partial charge < -0.3 is 15.0 Å². The van der Waals surface area contributed by atoms with Crippen LogP contribution in [0.1, 0.15) is 78.1 Å². The predicted octanol–water partition coefficient (Wildman–Crippen LogP) is 3.04. The summed E-state index contributed by atoms with van der Waals surface area (Å²) in [6, 6.07) is 0.370. The summed E-state index contributed by atoms with van der Waals surface area (Å²) in [6.07, 6.45) is 11.2. The van der Waals surface area contributed by atoms with Gasteiger partial charge >= 0.3 is 5.97 Å². The molecule has 5 aliphatic rings. The van der Waals surface area contributed by atoms with E-state index in [0.29, 0.717) is 6.42 Å². The molecule has 1 heterocycles. The number of nitrogens with one attached hydrogen (secondary N) is 1. The Morgan fingerprint density at radius 1 is 0.966 bits per heavy atom. The summed E-state index contributed by atoms with van der Waals surface area (Å²) < 4.78 is 5.15. The van der Waals surface area contributed by atoms with Crippen LogP contribution in [-0.2, 0) is 19.1 Å². The minimum Gasteiger partial charge on any atom is -0.454 e. The number of rotatable bonds is 6. The number of ether oxygens (including phenoxy) is 1. The number of hydrogen-bond donors (Lipinski definition) is 1. The third-order valence-electron chi connectivity index (χ3n) is 7.97. The van der Waals surface area contributed by atoms with Crippen LogP contribution in [0.15, 0.2) is 0 Å². The normalized spacial score (nSPS) is 38.0. The summed E-state index contributed by atoms with van der Waals surface area (Å²) in [7, 11) is 0. The molecule has 5 fully saturated rings. The lowest BCUT2D eigenvalue weighted by Crippen LogP contribution is -2.49. The Hall–Kier alpha value is -1.59. The Balaban J connectivity index is 1.19. The van der Waals surface area contributed by atoms with E-state index in [9.17, 15) is 14.4 Å². The molecule has 29 heavy (non-hydrogen) atoms. The predicted molar refractivity (Wildman–Crippen MR) is 109 cm³/mol. The van der Waals surface area contributed by atoms with E-state index < -0.39 is 5.97 Å². The first-order chi connectivity index (χ1) is 13.8. The SMILES string of the molecule is C[C@H]1CCC[C@H](C)N1C(=O)COC(=O)CNC(=O)CC12CC3CC(CC(C3)C1)C2. The fraction of sp³-hybridized carbons (Fsp3) is 0.870. The highest BCUT2D eigenvalue weighted by atomic mass is 16.5. The first kappa shape index (κ1) is 20.7. The van der Waals surface area contributed by atoms with Gasteiger partial charge in [0.25, 0.3) is 5.91 Å². The number of esters is 1. The Morgan fingerprint density at radius 3 is 2.07 bits per heavy atom. The molecule has 4 bridgehead atoms. The lowest BCUT2D eigenvalue weighted by atomic mass is 9.49. The van der Waals surface area contributed by atoms with E-state index in [4.69, 9.17) is 4.74 Å². The highest BCUT2D eigenvalue weighted by Gasteiger charge is 2.51. The van der Waals surface area contributed by atoms with Crippen molar-refractivity contribution in [1.82, 2.24) is 10.2 Å². The van der Waals surface area contributed by atoms with E-state index in [1.54, 1.807) is 0 Å². The standard InChI is InChI=1S/C23H36N2O4/c1-15-4-3-5-16(2)25(15)21(27)14-29-22(28)13-24-20(26)12-23-9-17-6-18(10-23)8-19(7-17)11-23/h15-19H,3-14H2,1-2H3,(H,24,26)/t15-,16-,17?,18?,19?,23?/m0/s1. The number of carbonyl (C=O) groups is 3. The summed E-state index contributed by atoms with van der Waals surface area (Å²) in [5.41, 5.74) is 0.166. The second-order valence-electron chi connectivity index (χ2n) is 10.5. The van der Waals surface area contributed by atoms with E-state index in [-0.39, 0.29) is 42.5 Å². The van der Waals surface area contributed by atoms with Gasteiger partial charge in [0.15, 0.2) is 6.61 Å². The molecular weight excluding hydrogens is 368 g/mol. The van der Waals surface area contributed by atoms with Crippen LogP contribution >= 0.6 is 0 Å². The van der Waals surface area contributed by atoms with Gasteiger partial charge in [0.05, 0.1) is 0 Å². The molecule has 162 valence electrons. The molecule has 1 aliphatic heterocycles. The summed E-state index contributed by atoms with van der Waals surface area (Å²) in [5.74, 6) is 1.71. The smallest absolute Gasteiger partial charge is 0.325 e. The molecule has 1 saturated heterocycles. The Kier molecular flexibility index (Phi) is 5.90. The number of nitrogens with zero attached hydrogens (tertiary/aromatic N) is 1. The largest absolute Gasteiger partial charge is 0.454 e. The quantitative estimate of drug-likeness (QED) is 0.691. The molecule has 0 aromatic rings. The fourth-order valence-electron chi connectivity index (χ4n) is 7.26.